The van der Waals surface area contributed by atoms with Crippen LogP contribution in [0.4, 0.5) is 0 Å². The van der Waals surface area contributed by atoms with Crippen LogP contribution in [0.2, 0.25) is 0 Å². The predicted octanol–water partition coefficient (Wildman–Crippen LogP) is 2.58. The van der Waals surface area contributed by atoms with Gasteiger partial charge in [0.05, 0.1) is 31.6 Å². The first-order valence-corrected chi connectivity index (χ1v) is 9.63. The summed E-state index contributed by atoms with van der Waals surface area (Å²) in [7, 11) is 2.17. The zero-order chi connectivity index (χ0) is 15.1. The molecule has 1 aliphatic heterocycles. The molecule has 1 aromatic rings. The van der Waals surface area contributed by atoms with Gasteiger partial charge in [-0.1, -0.05) is 0 Å². The normalized spacial score (nSPS) is 22.3. The minimum absolute atomic E-state index is 0.208. The molecule has 0 aliphatic carbocycles. The molecule has 20 heavy (non-hydrogen) atoms. The standard InChI is InChI=1S/C14H16I3NO2/c1-14(2,8-6-18(3)7-8)20-13(19)10-4-9(15)5-11(16)12(10)17/h4-5,8H,6-7H2,1-3H3/p+1. The van der Waals surface area contributed by atoms with Gasteiger partial charge in [0.25, 0.3) is 0 Å². The van der Waals surface area contributed by atoms with Crippen LogP contribution in [0.15, 0.2) is 12.1 Å². The third-order valence-corrected chi connectivity index (χ3v) is 7.41. The van der Waals surface area contributed by atoms with Crippen molar-refractivity contribution in [1.29, 1.82) is 0 Å². The van der Waals surface area contributed by atoms with E-state index in [0.717, 1.165) is 23.8 Å². The summed E-state index contributed by atoms with van der Waals surface area (Å²) in [6.07, 6.45) is 0. The highest BCUT2D eigenvalue weighted by Crippen LogP contribution is 2.28. The lowest BCUT2D eigenvalue weighted by Gasteiger charge is -2.42. The highest BCUT2D eigenvalue weighted by atomic mass is 127. The van der Waals surface area contributed by atoms with Crippen molar-refractivity contribution in [2.75, 3.05) is 20.1 Å². The van der Waals surface area contributed by atoms with Gasteiger partial charge < -0.3 is 9.64 Å². The van der Waals surface area contributed by atoms with Gasteiger partial charge in [0.2, 0.25) is 0 Å². The van der Waals surface area contributed by atoms with Gasteiger partial charge >= 0.3 is 5.97 Å². The smallest absolute Gasteiger partial charge is 0.339 e. The number of halogens is 3. The monoisotopic (exact) mass is 612 g/mol. The van der Waals surface area contributed by atoms with Crippen LogP contribution in [0.25, 0.3) is 0 Å². The minimum Gasteiger partial charge on any atom is -0.455 e. The van der Waals surface area contributed by atoms with Crippen LogP contribution in [0.1, 0.15) is 24.2 Å². The van der Waals surface area contributed by atoms with E-state index in [1.807, 2.05) is 19.9 Å². The number of ether oxygens (including phenoxy) is 1. The number of nitrogens with one attached hydrogen (secondary N) is 1. The van der Waals surface area contributed by atoms with Gasteiger partial charge in [0.15, 0.2) is 0 Å². The number of likely N-dealkylation sites (tertiary alicyclic amines) is 1. The number of quaternary nitrogens is 1. The van der Waals surface area contributed by atoms with E-state index in [2.05, 4.69) is 80.9 Å². The van der Waals surface area contributed by atoms with Crippen LogP contribution in [-0.2, 0) is 4.74 Å². The summed E-state index contributed by atoms with van der Waals surface area (Å²) < 4.78 is 8.93. The van der Waals surface area contributed by atoms with Crippen LogP contribution < -0.4 is 4.90 Å². The van der Waals surface area contributed by atoms with Gasteiger partial charge in [0.1, 0.15) is 5.60 Å². The Morgan fingerprint density at radius 1 is 1.30 bits per heavy atom. The molecule has 1 fully saturated rings. The van der Waals surface area contributed by atoms with Crippen molar-refractivity contribution in [2.45, 2.75) is 19.4 Å². The first-order chi connectivity index (χ1) is 9.20. The predicted molar refractivity (Wildman–Crippen MR) is 104 cm³/mol. The van der Waals surface area contributed by atoms with Crippen LogP contribution >= 0.6 is 67.8 Å². The highest BCUT2D eigenvalue weighted by molar-refractivity contribution is 14.1. The Hall–Kier alpha value is 0.840. The molecule has 0 saturated carbocycles. The molecule has 1 N–H and O–H groups in total. The van der Waals surface area contributed by atoms with Crippen molar-refractivity contribution in [2.24, 2.45) is 5.92 Å². The molecule has 1 saturated heterocycles. The van der Waals surface area contributed by atoms with Crippen molar-refractivity contribution in [3.8, 4) is 0 Å². The fraction of sp³-hybridized carbons (Fsp3) is 0.500. The van der Waals surface area contributed by atoms with E-state index in [9.17, 15) is 4.79 Å². The average Bonchev–Trinajstić information content (AvgIpc) is 2.29. The van der Waals surface area contributed by atoms with Crippen LogP contribution in [0.5, 0.6) is 0 Å². The molecule has 110 valence electrons. The molecule has 0 radical (unpaired) electrons. The van der Waals surface area contributed by atoms with E-state index in [4.69, 9.17) is 4.74 Å². The fourth-order valence-corrected chi connectivity index (χ4v) is 4.73. The highest BCUT2D eigenvalue weighted by Gasteiger charge is 2.44. The molecule has 3 nitrogen and oxygen atoms in total. The molecule has 0 bridgehead atoms. The second-order valence-electron chi connectivity index (χ2n) is 5.80. The van der Waals surface area contributed by atoms with Crippen molar-refractivity contribution in [3.63, 3.8) is 0 Å². The minimum atomic E-state index is -0.396. The number of carbonyl (C=O) groups excluding carboxylic acids is 1. The number of hydrogen-bond acceptors (Lipinski definition) is 2. The summed E-state index contributed by atoms with van der Waals surface area (Å²) in [6.45, 7) is 6.18. The Labute approximate surface area is 160 Å². The maximum absolute atomic E-state index is 12.5. The molecule has 0 atom stereocenters. The topological polar surface area (TPSA) is 30.7 Å². The van der Waals surface area contributed by atoms with Crippen molar-refractivity contribution in [3.05, 3.63) is 28.4 Å². The summed E-state index contributed by atoms with van der Waals surface area (Å²) in [4.78, 5) is 14.0. The SMILES string of the molecule is C[NH+]1CC(C(C)(C)OC(=O)c2cc(I)cc(I)c2I)C1. The number of carbonyl (C=O) groups is 1. The first-order valence-electron chi connectivity index (χ1n) is 6.40. The Kier molecular flexibility index (Phi) is 5.61. The Morgan fingerprint density at radius 3 is 2.45 bits per heavy atom. The lowest BCUT2D eigenvalue weighted by atomic mass is 9.84. The number of benzene rings is 1. The molecule has 1 heterocycles. The molecule has 0 unspecified atom stereocenters. The Balaban J connectivity index is 2.16. The zero-order valence-electron chi connectivity index (χ0n) is 11.6. The molecule has 6 heteroatoms. The Bertz CT molecular complexity index is 539. The molecule has 0 aromatic heterocycles. The summed E-state index contributed by atoms with van der Waals surface area (Å²) in [5.74, 6) is 0.242. The Morgan fingerprint density at radius 2 is 1.90 bits per heavy atom. The van der Waals surface area contributed by atoms with E-state index in [1.54, 1.807) is 0 Å². The van der Waals surface area contributed by atoms with Gasteiger partial charge in [-0.3, -0.25) is 0 Å². The van der Waals surface area contributed by atoms with Crippen LogP contribution in [0.3, 0.4) is 0 Å². The molecule has 1 aromatic carbocycles. The fourth-order valence-electron chi connectivity index (χ4n) is 2.35. The summed E-state index contributed by atoms with van der Waals surface area (Å²) in [5, 5.41) is 0. The second kappa shape index (κ2) is 6.53. The van der Waals surface area contributed by atoms with Crippen molar-refractivity contribution < 1.29 is 14.4 Å². The molecule has 1 aliphatic rings. The average molecular weight is 612 g/mol. The van der Waals surface area contributed by atoms with E-state index >= 15 is 0 Å². The van der Waals surface area contributed by atoms with Gasteiger partial charge in [-0.2, -0.15) is 0 Å². The quantitative estimate of drug-likeness (QED) is 0.324. The third kappa shape index (κ3) is 3.78. The third-order valence-electron chi connectivity index (χ3n) is 3.74. The maximum Gasteiger partial charge on any atom is 0.339 e. The molecular weight excluding hydrogens is 595 g/mol. The molecule has 0 spiro atoms. The summed E-state index contributed by atoms with van der Waals surface area (Å²) in [6, 6.07) is 3.97. The van der Waals surface area contributed by atoms with Gasteiger partial charge in [-0.15, -0.1) is 0 Å². The van der Waals surface area contributed by atoms with E-state index in [1.165, 1.54) is 4.90 Å². The first kappa shape index (κ1) is 17.2. The molecule has 0 amide bonds. The lowest BCUT2D eigenvalue weighted by Crippen LogP contribution is -3.18. The lowest BCUT2D eigenvalue weighted by molar-refractivity contribution is -0.934. The molecule has 2 rings (SSSR count). The number of rotatable bonds is 3. The molecular formula is C14H17I3NO2+. The van der Waals surface area contributed by atoms with Gasteiger partial charge in [-0.25, -0.2) is 4.79 Å². The maximum atomic E-state index is 12.5. The van der Waals surface area contributed by atoms with E-state index < -0.39 is 5.60 Å². The van der Waals surface area contributed by atoms with E-state index in [0.29, 0.717) is 11.5 Å². The summed E-state index contributed by atoms with van der Waals surface area (Å²) in [5.41, 5.74) is 0.279. The van der Waals surface area contributed by atoms with Gasteiger partial charge in [-0.05, 0) is 93.8 Å². The number of hydrogen-bond donors (Lipinski definition) is 1. The number of esters is 1. The van der Waals surface area contributed by atoms with Crippen molar-refractivity contribution >= 4 is 73.7 Å². The van der Waals surface area contributed by atoms with Crippen LogP contribution in [0, 0.1) is 16.6 Å². The van der Waals surface area contributed by atoms with Crippen LogP contribution in [-0.4, -0.2) is 31.7 Å². The van der Waals surface area contributed by atoms with E-state index in [-0.39, 0.29) is 5.97 Å². The second-order valence-corrected chi connectivity index (χ2v) is 9.29. The zero-order valence-corrected chi connectivity index (χ0v) is 18.1. The van der Waals surface area contributed by atoms with Crippen molar-refractivity contribution in [1.82, 2.24) is 0 Å². The van der Waals surface area contributed by atoms with Gasteiger partial charge in [0, 0.05) is 10.7 Å². The largest absolute Gasteiger partial charge is 0.455 e. The summed E-state index contributed by atoms with van der Waals surface area (Å²) >= 11 is 6.71.